The molecule has 1 aliphatic rings. The highest BCUT2D eigenvalue weighted by molar-refractivity contribution is 5.85. The number of hydrogen-bond acceptors (Lipinski definition) is 1. The number of carbonyl (C=O) groups excluding carboxylic acids is 1. The number of hydrogen-bond donors (Lipinski definition) is 2. The van der Waals surface area contributed by atoms with Gasteiger partial charge in [-0.05, 0) is 24.5 Å². The topological polar surface area (TPSA) is 44.9 Å². The summed E-state index contributed by atoms with van der Waals surface area (Å²) in [5.41, 5.74) is 2.71. The summed E-state index contributed by atoms with van der Waals surface area (Å²) in [7, 11) is 0. The second-order valence-electron chi connectivity index (χ2n) is 5.16. The Morgan fingerprint density at radius 2 is 2.17 bits per heavy atom. The zero-order chi connectivity index (χ0) is 12.6. The zero-order valence-electron chi connectivity index (χ0n) is 10.6. The summed E-state index contributed by atoms with van der Waals surface area (Å²) < 4.78 is 0. The van der Waals surface area contributed by atoms with E-state index in [4.69, 9.17) is 0 Å². The maximum Gasteiger partial charge on any atom is 0.219 e. The highest BCUT2D eigenvalue weighted by Gasteiger charge is 2.45. The van der Waals surface area contributed by atoms with Gasteiger partial charge in [0.05, 0.1) is 0 Å². The minimum atomic E-state index is 0.140. The Kier molecular flexibility index (Phi) is 2.62. The molecule has 3 rings (SSSR count). The van der Waals surface area contributed by atoms with Crippen LogP contribution >= 0.6 is 0 Å². The predicted octanol–water partition coefficient (Wildman–Crippen LogP) is 2.73. The fraction of sp³-hybridized carbons (Fsp3) is 0.400. The minimum Gasteiger partial charge on any atom is -0.361 e. The molecule has 1 saturated carbocycles. The Labute approximate surface area is 107 Å². The number of benzene rings is 1. The first-order valence-corrected chi connectivity index (χ1v) is 6.58. The van der Waals surface area contributed by atoms with Crippen LogP contribution in [-0.4, -0.2) is 17.4 Å². The highest BCUT2D eigenvalue weighted by atomic mass is 16.1. The van der Waals surface area contributed by atoms with Gasteiger partial charge in [0.1, 0.15) is 0 Å². The van der Waals surface area contributed by atoms with Crippen LogP contribution in [0.5, 0.6) is 0 Å². The molecule has 1 aliphatic carbocycles. The molecule has 1 fully saturated rings. The molecule has 94 valence electrons. The van der Waals surface area contributed by atoms with Crippen molar-refractivity contribution in [2.45, 2.75) is 31.6 Å². The summed E-state index contributed by atoms with van der Waals surface area (Å²) in [5, 5.41) is 4.33. The lowest BCUT2D eigenvalue weighted by molar-refractivity contribution is -0.120. The molecule has 1 aromatic carbocycles. The molecule has 3 heteroatoms. The number of fused-ring (bicyclic) bond motifs is 1. The molecule has 0 bridgehead atoms. The fourth-order valence-corrected chi connectivity index (χ4v) is 2.60. The molecule has 0 saturated heterocycles. The summed E-state index contributed by atoms with van der Waals surface area (Å²) in [6.45, 7) is 2.65. The number of aromatic nitrogens is 1. The monoisotopic (exact) mass is 242 g/mol. The normalized spacial score (nSPS) is 16.7. The molecule has 0 radical (unpaired) electrons. The quantitative estimate of drug-likeness (QED) is 0.850. The molecule has 0 unspecified atom stereocenters. The van der Waals surface area contributed by atoms with Crippen LogP contribution in [0.15, 0.2) is 30.5 Å². The first kappa shape index (κ1) is 11.3. The minimum absolute atomic E-state index is 0.140. The van der Waals surface area contributed by atoms with Crippen molar-refractivity contribution >= 4 is 16.8 Å². The summed E-state index contributed by atoms with van der Waals surface area (Å²) in [5.74, 6) is 0.140. The Bertz CT molecular complexity index is 581. The van der Waals surface area contributed by atoms with E-state index in [1.54, 1.807) is 0 Å². The van der Waals surface area contributed by atoms with Crippen LogP contribution in [0.4, 0.5) is 0 Å². The van der Waals surface area contributed by atoms with Gasteiger partial charge in [0.15, 0.2) is 0 Å². The number of nitrogens with one attached hydrogen (secondary N) is 2. The lowest BCUT2D eigenvalue weighted by Gasteiger charge is -2.15. The maximum absolute atomic E-state index is 11.4. The van der Waals surface area contributed by atoms with Gasteiger partial charge in [0.25, 0.3) is 0 Å². The van der Waals surface area contributed by atoms with E-state index in [2.05, 4.69) is 34.7 Å². The van der Waals surface area contributed by atoms with Crippen molar-refractivity contribution in [2.24, 2.45) is 0 Å². The average molecular weight is 242 g/mol. The van der Waals surface area contributed by atoms with Gasteiger partial charge in [0, 0.05) is 35.5 Å². The van der Waals surface area contributed by atoms with Gasteiger partial charge in [-0.2, -0.15) is 0 Å². The SMILES string of the molecule is CCC(=O)NCC1(c2c[nH]c3ccccc23)CC1. The maximum atomic E-state index is 11.4. The molecule has 1 heterocycles. The number of rotatable bonds is 4. The van der Waals surface area contributed by atoms with Gasteiger partial charge < -0.3 is 10.3 Å². The van der Waals surface area contributed by atoms with Crippen LogP contribution in [0.1, 0.15) is 31.7 Å². The van der Waals surface area contributed by atoms with Gasteiger partial charge in [-0.3, -0.25) is 4.79 Å². The van der Waals surface area contributed by atoms with Crippen molar-refractivity contribution in [2.75, 3.05) is 6.54 Å². The van der Waals surface area contributed by atoms with E-state index in [9.17, 15) is 4.79 Å². The molecule has 1 amide bonds. The van der Waals surface area contributed by atoms with E-state index >= 15 is 0 Å². The Balaban J connectivity index is 1.87. The van der Waals surface area contributed by atoms with E-state index in [1.165, 1.54) is 29.3 Å². The number of aromatic amines is 1. The summed E-state index contributed by atoms with van der Waals surface area (Å²) in [4.78, 5) is 14.7. The summed E-state index contributed by atoms with van der Waals surface area (Å²) in [6.07, 6.45) is 5.00. The van der Waals surface area contributed by atoms with Crippen LogP contribution < -0.4 is 5.32 Å². The Morgan fingerprint density at radius 1 is 1.39 bits per heavy atom. The second-order valence-corrected chi connectivity index (χ2v) is 5.16. The predicted molar refractivity (Wildman–Crippen MR) is 72.5 cm³/mol. The van der Waals surface area contributed by atoms with Gasteiger partial charge in [-0.25, -0.2) is 0 Å². The molecule has 0 atom stereocenters. The van der Waals surface area contributed by atoms with Crippen molar-refractivity contribution in [3.63, 3.8) is 0 Å². The molecule has 18 heavy (non-hydrogen) atoms. The number of amides is 1. The first-order valence-electron chi connectivity index (χ1n) is 6.58. The lowest BCUT2D eigenvalue weighted by atomic mass is 9.95. The van der Waals surface area contributed by atoms with Crippen molar-refractivity contribution in [3.05, 3.63) is 36.0 Å². The fourth-order valence-electron chi connectivity index (χ4n) is 2.60. The average Bonchev–Trinajstić information content (AvgIpc) is 3.07. The molecule has 0 spiro atoms. The van der Waals surface area contributed by atoms with Crippen LogP contribution in [0, 0.1) is 0 Å². The van der Waals surface area contributed by atoms with Crippen LogP contribution in [0.3, 0.4) is 0 Å². The van der Waals surface area contributed by atoms with E-state index in [0.29, 0.717) is 6.42 Å². The molecule has 3 nitrogen and oxygen atoms in total. The van der Waals surface area contributed by atoms with E-state index in [1.807, 2.05) is 13.0 Å². The van der Waals surface area contributed by atoms with Gasteiger partial charge in [-0.1, -0.05) is 25.1 Å². The Morgan fingerprint density at radius 3 is 2.89 bits per heavy atom. The van der Waals surface area contributed by atoms with Crippen LogP contribution in [0.25, 0.3) is 10.9 Å². The number of H-pyrrole nitrogens is 1. The van der Waals surface area contributed by atoms with E-state index < -0.39 is 0 Å². The molecular weight excluding hydrogens is 224 g/mol. The zero-order valence-corrected chi connectivity index (χ0v) is 10.6. The third-order valence-corrected chi connectivity index (χ3v) is 3.96. The number of carbonyl (C=O) groups is 1. The van der Waals surface area contributed by atoms with Crippen LogP contribution in [-0.2, 0) is 10.2 Å². The van der Waals surface area contributed by atoms with Gasteiger partial charge in [-0.15, -0.1) is 0 Å². The molecule has 2 N–H and O–H groups in total. The molecule has 2 aromatic rings. The highest BCUT2D eigenvalue weighted by Crippen LogP contribution is 2.49. The standard InChI is InChI=1S/C15H18N2O/c1-2-14(18)17-10-15(7-8-15)12-9-16-13-6-4-3-5-11(12)13/h3-6,9,16H,2,7-8,10H2,1H3,(H,17,18). The Hall–Kier alpha value is -1.77. The van der Waals surface area contributed by atoms with Gasteiger partial charge >= 0.3 is 0 Å². The summed E-state index contributed by atoms with van der Waals surface area (Å²) >= 11 is 0. The largest absolute Gasteiger partial charge is 0.361 e. The third-order valence-electron chi connectivity index (χ3n) is 3.96. The second kappa shape index (κ2) is 4.16. The smallest absolute Gasteiger partial charge is 0.219 e. The molecule has 0 aliphatic heterocycles. The third kappa shape index (κ3) is 1.80. The molecule has 1 aromatic heterocycles. The van der Waals surface area contributed by atoms with Crippen LogP contribution in [0.2, 0.25) is 0 Å². The molecular formula is C15H18N2O. The first-order chi connectivity index (χ1) is 8.75. The summed E-state index contributed by atoms with van der Waals surface area (Å²) in [6, 6.07) is 8.36. The number of para-hydroxylation sites is 1. The van der Waals surface area contributed by atoms with Crippen molar-refractivity contribution in [1.29, 1.82) is 0 Å². The lowest BCUT2D eigenvalue weighted by Crippen LogP contribution is -2.31. The van der Waals surface area contributed by atoms with E-state index in [-0.39, 0.29) is 11.3 Å². The van der Waals surface area contributed by atoms with Crippen molar-refractivity contribution in [3.8, 4) is 0 Å². The van der Waals surface area contributed by atoms with E-state index in [0.717, 1.165) is 6.54 Å². The van der Waals surface area contributed by atoms with Gasteiger partial charge in [0.2, 0.25) is 5.91 Å². The van der Waals surface area contributed by atoms with Crippen molar-refractivity contribution < 1.29 is 4.79 Å². The van der Waals surface area contributed by atoms with Crippen molar-refractivity contribution in [1.82, 2.24) is 10.3 Å².